The predicted molar refractivity (Wildman–Crippen MR) is 107 cm³/mol. The zero-order valence-corrected chi connectivity index (χ0v) is 15.8. The molecular weight excluding hydrogens is 372 g/mol. The molecule has 0 atom stereocenters. The Labute approximate surface area is 163 Å². The Morgan fingerprint density at radius 3 is 2.52 bits per heavy atom. The van der Waals surface area contributed by atoms with Gasteiger partial charge in [-0.25, -0.2) is 9.48 Å². The summed E-state index contributed by atoms with van der Waals surface area (Å²) < 4.78 is 4.33. The molecule has 8 nitrogen and oxygen atoms in total. The molecule has 2 heterocycles. The van der Waals surface area contributed by atoms with Gasteiger partial charge in [0.1, 0.15) is 0 Å². The van der Waals surface area contributed by atoms with Crippen LogP contribution in [0, 0.1) is 0 Å². The molecule has 8 heteroatoms. The number of carboxylic acid groups (broad SMARTS) is 1. The number of carboxylic acids is 1. The lowest BCUT2D eigenvalue weighted by Gasteiger charge is -2.05. The first-order valence-electron chi connectivity index (χ1n) is 8.77. The number of aryl methyl sites for hydroxylation is 2. The molecule has 0 aliphatic rings. The summed E-state index contributed by atoms with van der Waals surface area (Å²) in [6.45, 7) is 3.88. The van der Waals surface area contributed by atoms with Crippen molar-refractivity contribution in [1.82, 2.24) is 18.9 Å². The van der Waals surface area contributed by atoms with Crippen LogP contribution >= 0.6 is 0 Å². The number of fused-ring (bicyclic) bond motifs is 1. The summed E-state index contributed by atoms with van der Waals surface area (Å²) in [5.74, 6) is -1.32. The molecule has 0 spiro atoms. The molecule has 2 aromatic carbocycles. The molecule has 4 rings (SSSR count). The second kappa shape index (κ2) is 6.52. The van der Waals surface area contributed by atoms with Gasteiger partial charge in [-0.1, -0.05) is 24.8 Å². The van der Waals surface area contributed by atoms with Crippen molar-refractivity contribution < 1.29 is 9.90 Å². The molecule has 0 amide bonds. The van der Waals surface area contributed by atoms with Gasteiger partial charge in [0.05, 0.1) is 33.3 Å². The van der Waals surface area contributed by atoms with Crippen molar-refractivity contribution in [1.29, 1.82) is 0 Å². The number of carbonyl (C=O) groups is 1. The molecule has 0 fully saturated rings. The highest BCUT2D eigenvalue weighted by Crippen LogP contribution is 2.14. The smallest absolute Gasteiger partial charge is 0.328 e. The van der Waals surface area contributed by atoms with E-state index in [0.29, 0.717) is 16.3 Å². The number of aromatic amines is 1. The fourth-order valence-electron chi connectivity index (χ4n) is 3.38. The highest BCUT2D eigenvalue weighted by atomic mass is 16.4. The molecule has 0 saturated carbocycles. The van der Waals surface area contributed by atoms with Crippen LogP contribution in [0.5, 0.6) is 0 Å². The summed E-state index contributed by atoms with van der Waals surface area (Å²) in [7, 11) is 3.39. The number of aromatic nitrogens is 4. The number of nitrogens with one attached hydrogen (secondary N) is 1. The highest BCUT2D eigenvalue weighted by Gasteiger charge is 2.09. The van der Waals surface area contributed by atoms with E-state index in [9.17, 15) is 19.5 Å². The first kappa shape index (κ1) is 18.3. The van der Waals surface area contributed by atoms with Gasteiger partial charge in [-0.3, -0.25) is 19.0 Å². The third-order valence-corrected chi connectivity index (χ3v) is 4.95. The van der Waals surface area contributed by atoms with Crippen LogP contribution in [-0.2, 0) is 14.1 Å². The third kappa shape index (κ3) is 2.91. The van der Waals surface area contributed by atoms with Crippen LogP contribution in [0.3, 0.4) is 0 Å². The van der Waals surface area contributed by atoms with E-state index in [1.165, 1.54) is 22.9 Å². The van der Waals surface area contributed by atoms with Crippen molar-refractivity contribution in [3.05, 3.63) is 85.0 Å². The molecule has 146 valence electrons. The fraction of sp³-hybridized carbons (Fsp3) is 0.0952. The number of H-pyrrole nitrogens is 1. The van der Waals surface area contributed by atoms with Gasteiger partial charge in [-0.15, -0.1) is 0 Å². The fourth-order valence-corrected chi connectivity index (χ4v) is 3.38. The van der Waals surface area contributed by atoms with Crippen LogP contribution in [0.1, 0.15) is 15.9 Å². The second-order valence-electron chi connectivity index (χ2n) is 6.78. The van der Waals surface area contributed by atoms with E-state index in [1.807, 2.05) is 18.2 Å². The summed E-state index contributed by atoms with van der Waals surface area (Å²) in [4.78, 5) is 36.1. The zero-order valence-electron chi connectivity index (χ0n) is 15.8. The topological polar surface area (TPSA) is 105 Å². The second-order valence-corrected chi connectivity index (χ2v) is 6.78. The highest BCUT2D eigenvalue weighted by molar-refractivity contribution is 5.86. The van der Waals surface area contributed by atoms with Gasteiger partial charge < -0.3 is 9.90 Å². The molecule has 0 saturated heterocycles. The van der Waals surface area contributed by atoms with Gasteiger partial charge in [0.2, 0.25) is 0 Å². The van der Waals surface area contributed by atoms with E-state index >= 15 is 0 Å². The molecular formula is C21H17N4O4-. The Balaban J connectivity index is 1.89. The Kier molecular flexibility index (Phi) is 4.11. The molecule has 4 aromatic rings. The minimum absolute atomic E-state index is 0.0319. The Morgan fingerprint density at radius 2 is 1.79 bits per heavy atom. The van der Waals surface area contributed by atoms with E-state index in [2.05, 4.69) is 11.7 Å². The van der Waals surface area contributed by atoms with Gasteiger partial charge in [0.25, 0.3) is 5.56 Å². The van der Waals surface area contributed by atoms with Gasteiger partial charge in [0, 0.05) is 14.1 Å². The normalized spacial score (nSPS) is 12.0. The summed E-state index contributed by atoms with van der Waals surface area (Å²) in [5.41, 5.74) is 2.09. The molecule has 1 N–H and O–H groups in total. The summed E-state index contributed by atoms with van der Waals surface area (Å²) >= 11 is 0. The molecule has 29 heavy (non-hydrogen) atoms. The van der Waals surface area contributed by atoms with Crippen molar-refractivity contribution in [3.8, 4) is 5.69 Å². The summed E-state index contributed by atoms with van der Waals surface area (Å²) in [6.07, 6.45) is 1.68. The third-order valence-electron chi connectivity index (χ3n) is 4.95. The first-order valence-corrected chi connectivity index (χ1v) is 8.77. The molecule has 0 bridgehead atoms. The Bertz CT molecular complexity index is 1520. The number of rotatable bonds is 3. The quantitative estimate of drug-likeness (QED) is 0.483. The Morgan fingerprint density at radius 1 is 1.07 bits per heavy atom. The van der Waals surface area contributed by atoms with Crippen LogP contribution in [0.25, 0.3) is 29.4 Å². The van der Waals surface area contributed by atoms with E-state index in [0.717, 1.165) is 16.6 Å². The standard InChI is InChI=1S/C21H18N4O4/c1-12-16(9-13-7-8-17-18(10-13)24(3)21(29)23(17)2)19(26)25(22-12)15-6-4-5-14(11-15)20(27)28/h4-11,22H,1H2,2-3H3,(H,27,28)/p-1. The van der Waals surface area contributed by atoms with Crippen molar-refractivity contribution in [2.24, 2.45) is 14.1 Å². The van der Waals surface area contributed by atoms with Crippen molar-refractivity contribution in [2.45, 2.75) is 0 Å². The monoisotopic (exact) mass is 389 g/mol. The number of imidazole rings is 1. The van der Waals surface area contributed by atoms with E-state index < -0.39 is 5.97 Å². The van der Waals surface area contributed by atoms with Gasteiger partial charge in [-0.2, -0.15) is 0 Å². The van der Waals surface area contributed by atoms with Crippen molar-refractivity contribution >= 4 is 29.7 Å². The number of nitrogens with zero attached hydrogens (tertiary/aromatic N) is 3. The van der Waals surface area contributed by atoms with Gasteiger partial charge in [-0.05, 0) is 41.5 Å². The lowest BCUT2D eigenvalue weighted by molar-refractivity contribution is -0.255. The van der Waals surface area contributed by atoms with Crippen LogP contribution in [0.4, 0.5) is 0 Å². The maximum absolute atomic E-state index is 12.9. The minimum atomic E-state index is -1.32. The SMILES string of the molecule is C=c1[nH]n(-c2cccc(C(=O)[O-])c2)c(=O)c1=Cc1ccc2c(c1)n(C)c(=O)n2C. The predicted octanol–water partition coefficient (Wildman–Crippen LogP) is -1.04. The van der Waals surface area contributed by atoms with E-state index in [-0.39, 0.29) is 16.8 Å². The molecule has 0 aliphatic heterocycles. The number of aromatic carboxylic acids is 1. The molecule has 0 aliphatic carbocycles. The van der Waals surface area contributed by atoms with Gasteiger partial charge >= 0.3 is 5.69 Å². The van der Waals surface area contributed by atoms with Crippen molar-refractivity contribution in [2.75, 3.05) is 0 Å². The van der Waals surface area contributed by atoms with Crippen molar-refractivity contribution in [3.63, 3.8) is 0 Å². The minimum Gasteiger partial charge on any atom is -0.545 e. The summed E-state index contributed by atoms with van der Waals surface area (Å²) in [6, 6.07) is 11.3. The van der Waals surface area contributed by atoms with E-state index in [4.69, 9.17) is 0 Å². The number of hydrogen-bond donors (Lipinski definition) is 1. The average molecular weight is 389 g/mol. The van der Waals surface area contributed by atoms with E-state index in [1.54, 1.807) is 35.4 Å². The molecule has 0 radical (unpaired) electrons. The number of benzene rings is 2. The average Bonchev–Trinajstić information content (AvgIpc) is 3.11. The molecule has 0 unspecified atom stereocenters. The largest absolute Gasteiger partial charge is 0.545 e. The van der Waals surface area contributed by atoms with Crippen LogP contribution in [-0.4, -0.2) is 24.9 Å². The zero-order chi connectivity index (χ0) is 20.9. The van der Waals surface area contributed by atoms with Crippen LogP contribution in [0.15, 0.2) is 52.1 Å². The lowest BCUT2D eigenvalue weighted by Crippen LogP contribution is -2.34. The maximum Gasteiger partial charge on any atom is 0.328 e. The first-order chi connectivity index (χ1) is 13.8. The van der Waals surface area contributed by atoms with Crippen LogP contribution in [0.2, 0.25) is 0 Å². The number of hydrogen-bond acceptors (Lipinski definition) is 4. The lowest BCUT2D eigenvalue weighted by atomic mass is 10.1. The molecule has 2 aromatic heterocycles. The van der Waals surface area contributed by atoms with Gasteiger partial charge in [0.15, 0.2) is 0 Å². The maximum atomic E-state index is 12.9. The number of carbonyl (C=O) groups excluding carboxylic acids is 1. The Hall–Kier alpha value is -4.07. The summed E-state index contributed by atoms with van der Waals surface area (Å²) in [5, 5.41) is 14.7. The van der Waals surface area contributed by atoms with Crippen LogP contribution < -0.4 is 26.9 Å².